The minimum Gasteiger partial charge on any atom is -0.385 e. The van der Waals surface area contributed by atoms with Crippen molar-refractivity contribution < 1.29 is 19.4 Å². The Morgan fingerprint density at radius 3 is 2.93 bits per heavy atom. The average molecular weight is 398 g/mol. The highest BCUT2D eigenvalue weighted by atomic mass is 16.5. The number of aldehydes is 1. The van der Waals surface area contributed by atoms with E-state index in [1.165, 1.54) is 0 Å². The second-order valence-corrected chi connectivity index (χ2v) is 10.1. The van der Waals surface area contributed by atoms with Crippen molar-refractivity contribution in [3.8, 4) is 0 Å². The van der Waals surface area contributed by atoms with Gasteiger partial charge in [0.15, 0.2) is 5.78 Å². The van der Waals surface area contributed by atoms with E-state index in [1.54, 1.807) is 0 Å². The number of rotatable bonds is 2. The smallest absolute Gasteiger partial charge is 0.165 e. The Morgan fingerprint density at radius 1 is 1.34 bits per heavy atom. The zero-order chi connectivity index (χ0) is 20.4. The third-order valence-electron chi connectivity index (χ3n) is 8.51. The first-order chi connectivity index (χ1) is 13.9. The SMILES string of the molecule is C=CC1=C[C@@H]2[C@@H]3C[C@]4(CC[C@H](O4)C(C)C[C@@H](O)C3=O)CC(C=O)C3=NCC[C@@]32C1. The lowest BCUT2D eigenvalue weighted by molar-refractivity contribution is -0.137. The van der Waals surface area contributed by atoms with Crippen molar-refractivity contribution in [1.29, 1.82) is 0 Å². The number of ether oxygens (including phenoxy) is 1. The molecule has 29 heavy (non-hydrogen) atoms. The Labute approximate surface area is 172 Å². The molecule has 0 radical (unpaired) electrons. The fourth-order valence-electron chi connectivity index (χ4n) is 7.15. The number of fused-ring (bicyclic) bond motifs is 3. The van der Waals surface area contributed by atoms with E-state index < -0.39 is 11.7 Å². The van der Waals surface area contributed by atoms with Gasteiger partial charge in [0.1, 0.15) is 12.4 Å². The van der Waals surface area contributed by atoms with Crippen LogP contribution in [0.4, 0.5) is 0 Å². The molecule has 5 nitrogen and oxygen atoms in total. The van der Waals surface area contributed by atoms with Crippen LogP contribution in [0.25, 0.3) is 0 Å². The Kier molecular flexibility index (Phi) is 4.48. The number of ketones is 1. The van der Waals surface area contributed by atoms with Crippen LogP contribution in [0, 0.1) is 29.1 Å². The summed E-state index contributed by atoms with van der Waals surface area (Å²) in [7, 11) is 0. The van der Waals surface area contributed by atoms with Gasteiger partial charge in [0, 0.05) is 23.6 Å². The van der Waals surface area contributed by atoms with Crippen molar-refractivity contribution in [1.82, 2.24) is 0 Å². The van der Waals surface area contributed by atoms with Crippen molar-refractivity contribution in [2.24, 2.45) is 34.1 Å². The Bertz CT molecular complexity index is 816. The molecule has 5 aliphatic rings. The monoisotopic (exact) mass is 397 g/mol. The molecular weight excluding hydrogens is 366 g/mol. The van der Waals surface area contributed by atoms with Crippen molar-refractivity contribution in [3.05, 3.63) is 24.3 Å². The standard InChI is InChI=1S/C24H31NO4/c1-3-15-9-18-17-12-23(5-4-20(29-23)14(2)8-19(27)21(17)28)11-16(13-26)22-24(18,10-15)6-7-25-22/h3,9,13-14,16-20,27H,1,4-8,10-12H2,2H3/t14?,16?,17-,18+,19+,20-,23-,24-/m0/s1. The lowest BCUT2D eigenvalue weighted by atomic mass is 9.58. The van der Waals surface area contributed by atoms with Gasteiger partial charge in [0.25, 0.3) is 0 Å². The number of aliphatic hydroxyl groups is 1. The summed E-state index contributed by atoms with van der Waals surface area (Å²) in [6, 6.07) is 0. The maximum atomic E-state index is 13.5. The number of hydrogen-bond donors (Lipinski definition) is 1. The first-order valence-corrected chi connectivity index (χ1v) is 11.1. The zero-order valence-corrected chi connectivity index (χ0v) is 17.2. The highest BCUT2D eigenvalue weighted by molar-refractivity contribution is 6.04. The summed E-state index contributed by atoms with van der Waals surface area (Å²) in [5.41, 5.74) is 1.34. The maximum absolute atomic E-state index is 13.5. The van der Waals surface area contributed by atoms with Crippen LogP contribution in [0.5, 0.6) is 0 Å². The van der Waals surface area contributed by atoms with E-state index >= 15 is 0 Å². The minimum atomic E-state index is -0.948. The van der Waals surface area contributed by atoms with E-state index in [1.807, 2.05) is 6.08 Å². The largest absolute Gasteiger partial charge is 0.385 e. The molecule has 0 aromatic heterocycles. The van der Waals surface area contributed by atoms with Gasteiger partial charge in [-0.2, -0.15) is 0 Å². The second kappa shape index (κ2) is 6.71. The summed E-state index contributed by atoms with van der Waals surface area (Å²) in [4.78, 5) is 30.7. The molecule has 0 aromatic rings. The fourth-order valence-corrected chi connectivity index (χ4v) is 7.15. The van der Waals surface area contributed by atoms with Crippen LogP contribution in [0.15, 0.2) is 29.3 Å². The molecule has 5 heteroatoms. The molecule has 3 fully saturated rings. The molecule has 1 N–H and O–H groups in total. The summed E-state index contributed by atoms with van der Waals surface area (Å²) < 4.78 is 6.65. The molecular formula is C24H31NO4. The molecule has 3 bridgehead atoms. The third kappa shape index (κ3) is 2.77. The van der Waals surface area contributed by atoms with E-state index in [2.05, 4.69) is 19.6 Å². The summed E-state index contributed by atoms with van der Waals surface area (Å²) in [5.74, 6) is -0.530. The lowest BCUT2D eigenvalue weighted by Crippen LogP contribution is -2.51. The van der Waals surface area contributed by atoms with Crippen LogP contribution in [0.3, 0.4) is 0 Å². The van der Waals surface area contributed by atoms with Gasteiger partial charge in [-0.25, -0.2) is 0 Å². The Hall–Kier alpha value is -1.59. The third-order valence-corrected chi connectivity index (χ3v) is 8.51. The molecule has 0 aromatic carbocycles. The zero-order valence-electron chi connectivity index (χ0n) is 17.2. The number of nitrogens with zero attached hydrogens (tertiary/aromatic N) is 1. The van der Waals surface area contributed by atoms with Gasteiger partial charge in [-0.15, -0.1) is 0 Å². The Balaban J connectivity index is 1.68. The van der Waals surface area contributed by atoms with Crippen LogP contribution in [0.1, 0.15) is 51.9 Å². The van der Waals surface area contributed by atoms with E-state index in [4.69, 9.17) is 9.73 Å². The van der Waals surface area contributed by atoms with E-state index in [-0.39, 0.29) is 41.0 Å². The number of hydrogen-bond acceptors (Lipinski definition) is 5. The fraction of sp³-hybridized carbons (Fsp3) is 0.708. The number of carbonyl (C=O) groups is 2. The lowest BCUT2D eigenvalue weighted by Gasteiger charge is -2.46. The van der Waals surface area contributed by atoms with Gasteiger partial charge in [0.05, 0.1) is 17.6 Å². The van der Waals surface area contributed by atoms with Gasteiger partial charge in [-0.3, -0.25) is 9.79 Å². The molecule has 8 atom stereocenters. The number of allylic oxidation sites excluding steroid dienone is 3. The predicted octanol–water partition coefficient (Wildman–Crippen LogP) is 3.06. The molecule has 0 amide bonds. The second-order valence-electron chi connectivity index (χ2n) is 10.1. The summed E-state index contributed by atoms with van der Waals surface area (Å²) >= 11 is 0. The van der Waals surface area contributed by atoms with E-state index in [0.717, 1.165) is 43.3 Å². The van der Waals surface area contributed by atoms with Crippen LogP contribution in [-0.2, 0) is 14.3 Å². The van der Waals surface area contributed by atoms with Crippen molar-refractivity contribution >= 4 is 17.8 Å². The molecule has 2 unspecified atom stereocenters. The van der Waals surface area contributed by atoms with Crippen LogP contribution < -0.4 is 0 Å². The first kappa shape index (κ1) is 19.4. The number of Topliss-reactive ketones (excluding diaryl/α,β-unsaturated/α-hetero) is 1. The molecule has 156 valence electrons. The van der Waals surface area contributed by atoms with Gasteiger partial charge in [-0.1, -0.05) is 31.2 Å². The van der Waals surface area contributed by atoms with Gasteiger partial charge in [-0.05, 0) is 56.8 Å². The number of aliphatic imine (C=N–C) groups is 1. The average Bonchev–Trinajstić information content (AvgIpc) is 3.41. The molecule has 2 saturated heterocycles. The highest BCUT2D eigenvalue weighted by Gasteiger charge is 2.60. The molecule has 5 rings (SSSR count). The predicted molar refractivity (Wildman–Crippen MR) is 110 cm³/mol. The Morgan fingerprint density at radius 2 is 2.17 bits per heavy atom. The summed E-state index contributed by atoms with van der Waals surface area (Å²) in [6.45, 7) is 6.74. The molecule has 3 aliphatic heterocycles. The van der Waals surface area contributed by atoms with Gasteiger partial charge in [0.2, 0.25) is 0 Å². The number of aliphatic hydroxyl groups excluding tert-OH is 1. The minimum absolute atomic E-state index is 0.0426. The maximum Gasteiger partial charge on any atom is 0.165 e. The van der Waals surface area contributed by atoms with Crippen LogP contribution >= 0.6 is 0 Å². The molecule has 1 saturated carbocycles. The molecule has 2 aliphatic carbocycles. The summed E-state index contributed by atoms with van der Waals surface area (Å²) in [6.07, 6.45) is 9.33. The normalized spacial score (nSPS) is 48.8. The van der Waals surface area contributed by atoms with E-state index in [0.29, 0.717) is 25.8 Å². The molecule has 3 heterocycles. The number of carbonyl (C=O) groups excluding carboxylic acids is 2. The van der Waals surface area contributed by atoms with Gasteiger partial charge < -0.3 is 14.6 Å². The quantitative estimate of drug-likeness (QED) is 0.727. The topological polar surface area (TPSA) is 76.0 Å². The van der Waals surface area contributed by atoms with Gasteiger partial charge >= 0.3 is 0 Å². The molecule has 2 spiro atoms. The van der Waals surface area contributed by atoms with Crippen molar-refractivity contribution in [3.63, 3.8) is 0 Å². The van der Waals surface area contributed by atoms with Crippen LogP contribution in [-0.4, -0.2) is 47.2 Å². The highest BCUT2D eigenvalue weighted by Crippen LogP contribution is 2.59. The first-order valence-electron chi connectivity index (χ1n) is 11.1. The summed E-state index contributed by atoms with van der Waals surface area (Å²) in [5, 5.41) is 10.8. The van der Waals surface area contributed by atoms with Crippen molar-refractivity contribution in [2.45, 2.75) is 69.7 Å². The van der Waals surface area contributed by atoms with Crippen LogP contribution in [0.2, 0.25) is 0 Å². The van der Waals surface area contributed by atoms with E-state index in [9.17, 15) is 14.7 Å². The van der Waals surface area contributed by atoms with Crippen molar-refractivity contribution in [2.75, 3.05) is 6.54 Å².